The highest BCUT2D eigenvalue weighted by atomic mass is 19.1. The maximum atomic E-state index is 13.0. The smallest absolute Gasteiger partial charge is 0.219 e. The number of hydrogen-bond acceptors (Lipinski definition) is 2. The topological polar surface area (TPSA) is 22.1 Å². The van der Waals surface area contributed by atoms with Gasteiger partial charge in [0.15, 0.2) is 0 Å². The van der Waals surface area contributed by atoms with Crippen LogP contribution in [0.1, 0.15) is 5.56 Å². The Morgan fingerprint density at radius 2 is 2.07 bits per heavy atom. The zero-order valence-electron chi connectivity index (χ0n) is 8.27. The molecule has 0 radical (unpaired) electrons. The molecule has 2 nitrogen and oxygen atoms in total. The summed E-state index contributed by atoms with van der Waals surface area (Å²) in [6.07, 6.45) is 1.64. The van der Waals surface area contributed by atoms with E-state index < -0.39 is 0 Å². The molecule has 0 saturated heterocycles. The molecule has 1 aromatic heterocycles. The number of pyridine rings is 1. The summed E-state index contributed by atoms with van der Waals surface area (Å²) in [6.45, 7) is 1.70. The standard InChI is InChI=1S/C12H10FNO/c1-9-8-10(5-6-11(9)13)15-12-4-2-3-7-14-12/h2-8H,1H3. The van der Waals surface area contributed by atoms with Crippen molar-refractivity contribution >= 4 is 0 Å². The molecule has 1 aromatic carbocycles. The van der Waals surface area contributed by atoms with Crippen LogP contribution in [0, 0.1) is 12.7 Å². The molecule has 0 aliphatic heterocycles. The van der Waals surface area contributed by atoms with E-state index >= 15 is 0 Å². The third-order valence-corrected chi connectivity index (χ3v) is 1.99. The van der Waals surface area contributed by atoms with Gasteiger partial charge in [0.25, 0.3) is 0 Å². The molecular formula is C12H10FNO. The number of ether oxygens (including phenoxy) is 1. The van der Waals surface area contributed by atoms with E-state index in [1.807, 2.05) is 12.1 Å². The first-order chi connectivity index (χ1) is 7.25. The average Bonchev–Trinajstić information content (AvgIpc) is 2.25. The van der Waals surface area contributed by atoms with E-state index in [4.69, 9.17) is 4.74 Å². The van der Waals surface area contributed by atoms with Crippen molar-refractivity contribution in [2.75, 3.05) is 0 Å². The molecule has 1 heterocycles. The predicted octanol–water partition coefficient (Wildman–Crippen LogP) is 3.32. The minimum atomic E-state index is -0.233. The first-order valence-corrected chi connectivity index (χ1v) is 4.61. The maximum absolute atomic E-state index is 13.0. The Morgan fingerprint density at radius 3 is 2.73 bits per heavy atom. The summed E-state index contributed by atoms with van der Waals surface area (Å²) in [5, 5.41) is 0. The van der Waals surface area contributed by atoms with Crippen molar-refractivity contribution in [2.45, 2.75) is 6.92 Å². The summed E-state index contributed by atoms with van der Waals surface area (Å²) < 4.78 is 18.4. The van der Waals surface area contributed by atoms with Crippen molar-refractivity contribution in [3.63, 3.8) is 0 Å². The molecule has 0 spiro atoms. The largest absolute Gasteiger partial charge is 0.439 e. The highest BCUT2D eigenvalue weighted by Crippen LogP contribution is 2.21. The SMILES string of the molecule is Cc1cc(Oc2ccccn2)ccc1F. The molecule has 3 heteroatoms. The zero-order chi connectivity index (χ0) is 10.7. The Bertz CT molecular complexity index is 456. The van der Waals surface area contributed by atoms with Crippen LogP contribution >= 0.6 is 0 Å². The van der Waals surface area contributed by atoms with E-state index in [1.54, 1.807) is 31.3 Å². The highest BCUT2D eigenvalue weighted by Gasteiger charge is 2.01. The minimum Gasteiger partial charge on any atom is -0.439 e. The summed E-state index contributed by atoms with van der Waals surface area (Å²) in [5.41, 5.74) is 0.559. The fourth-order valence-corrected chi connectivity index (χ4v) is 1.21. The molecule has 2 aromatic rings. The summed E-state index contributed by atoms with van der Waals surface area (Å²) in [4.78, 5) is 4.01. The predicted molar refractivity (Wildman–Crippen MR) is 55.4 cm³/mol. The van der Waals surface area contributed by atoms with Gasteiger partial charge in [-0.15, -0.1) is 0 Å². The second kappa shape index (κ2) is 4.09. The maximum Gasteiger partial charge on any atom is 0.219 e. The van der Waals surface area contributed by atoms with Crippen LogP contribution in [0.3, 0.4) is 0 Å². The number of aromatic nitrogens is 1. The molecule has 15 heavy (non-hydrogen) atoms. The Hall–Kier alpha value is -1.90. The van der Waals surface area contributed by atoms with Gasteiger partial charge in [-0.1, -0.05) is 6.07 Å². The third kappa shape index (κ3) is 2.31. The number of hydrogen-bond donors (Lipinski definition) is 0. The normalized spacial score (nSPS) is 10.0. The van der Waals surface area contributed by atoms with Gasteiger partial charge in [-0.3, -0.25) is 0 Å². The van der Waals surface area contributed by atoms with Crippen LogP contribution < -0.4 is 4.74 Å². The molecule has 2 rings (SSSR count). The zero-order valence-corrected chi connectivity index (χ0v) is 8.27. The molecule has 0 bridgehead atoms. The van der Waals surface area contributed by atoms with Gasteiger partial charge >= 0.3 is 0 Å². The average molecular weight is 203 g/mol. The first kappa shape index (κ1) is 9.65. The summed E-state index contributed by atoms with van der Waals surface area (Å²) in [6, 6.07) is 9.99. The van der Waals surface area contributed by atoms with Gasteiger partial charge < -0.3 is 4.74 Å². The van der Waals surface area contributed by atoms with Gasteiger partial charge in [0, 0.05) is 12.3 Å². The van der Waals surface area contributed by atoms with Crippen molar-refractivity contribution < 1.29 is 9.13 Å². The van der Waals surface area contributed by atoms with Crippen LogP contribution in [0.5, 0.6) is 11.6 Å². The Balaban J connectivity index is 2.22. The molecule has 0 fully saturated rings. The molecule has 0 amide bonds. The first-order valence-electron chi connectivity index (χ1n) is 4.61. The van der Waals surface area contributed by atoms with Crippen LogP contribution in [0.15, 0.2) is 42.6 Å². The molecule has 0 N–H and O–H groups in total. The molecule has 76 valence electrons. The molecule has 0 saturated carbocycles. The van der Waals surface area contributed by atoms with Gasteiger partial charge in [0.1, 0.15) is 11.6 Å². The van der Waals surface area contributed by atoms with E-state index in [1.165, 1.54) is 6.07 Å². The van der Waals surface area contributed by atoms with Crippen molar-refractivity contribution in [3.05, 3.63) is 54.0 Å². The monoisotopic (exact) mass is 203 g/mol. The number of nitrogens with zero attached hydrogens (tertiary/aromatic N) is 1. The number of aryl methyl sites for hydroxylation is 1. The van der Waals surface area contributed by atoms with Crippen LogP contribution in [-0.2, 0) is 0 Å². The Morgan fingerprint density at radius 1 is 1.20 bits per heavy atom. The van der Waals surface area contributed by atoms with E-state index in [-0.39, 0.29) is 5.82 Å². The lowest BCUT2D eigenvalue weighted by molar-refractivity contribution is 0.460. The summed E-state index contributed by atoms with van der Waals surface area (Å²) >= 11 is 0. The van der Waals surface area contributed by atoms with Gasteiger partial charge in [-0.2, -0.15) is 0 Å². The van der Waals surface area contributed by atoms with Crippen molar-refractivity contribution in [3.8, 4) is 11.6 Å². The van der Waals surface area contributed by atoms with E-state index in [0.29, 0.717) is 17.2 Å². The fraction of sp³-hybridized carbons (Fsp3) is 0.0833. The van der Waals surface area contributed by atoms with Gasteiger partial charge in [-0.25, -0.2) is 9.37 Å². The van der Waals surface area contributed by atoms with Crippen LogP contribution in [0.2, 0.25) is 0 Å². The van der Waals surface area contributed by atoms with Crippen LogP contribution in [-0.4, -0.2) is 4.98 Å². The van der Waals surface area contributed by atoms with Gasteiger partial charge in [0.05, 0.1) is 0 Å². The molecule has 0 aliphatic carbocycles. The summed E-state index contributed by atoms with van der Waals surface area (Å²) in [5.74, 6) is 0.861. The molecule has 0 aliphatic rings. The van der Waals surface area contributed by atoms with E-state index in [2.05, 4.69) is 4.98 Å². The van der Waals surface area contributed by atoms with Crippen molar-refractivity contribution in [2.24, 2.45) is 0 Å². The van der Waals surface area contributed by atoms with Crippen molar-refractivity contribution in [1.82, 2.24) is 4.98 Å². The lowest BCUT2D eigenvalue weighted by atomic mass is 10.2. The Labute approximate surface area is 87.4 Å². The minimum absolute atomic E-state index is 0.233. The third-order valence-electron chi connectivity index (χ3n) is 1.99. The van der Waals surface area contributed by atoms with Gasteiger partial charge in [-0.05, 0) is 36.8 Å². The van der Waals surface area contributed by atoms with E-state index in [9.17, 15) is 4.39 Å². The molecular weight excluding hydrogens is 193 g/mol. The summed E-state index contributed by atoms with van der Waals surface area (Å²) in [7, 11) is 0. The highest BCUT2D eigenvalue weighted by molar-refractivity contribution is 5.31. The van der Waals surface area contributed by atoms with E-state index in [0.717, 1.165) is 0 Å². The quantitative estimate of drug-likeness (QED) is 0.746. The second-order valence-electron chi connectivity index (χ2n) is 3.18. The van der Waals surface area contributed by atoms with Crippen LogP contribution in [0.25, 0.3) is 0 Å². The van der Waals surface area contributed by atoms with Crippen LogP contribution in [0.4, 0.5) is 4.39 Å². The Kier molecular flexibility index (Phi) is 2.63. The number of halogens is 1. The second-order valence-corrected chi connectivity index (χ2v) is 3.18. The number of rotatable bonds is 2. The fourth-order valence-electron chi connectivity index (χ4n) is 1.21. The van der Waals surface area contributed by atoms with Crippen molar-refractivity contribution in [1.29, 1.82) is 0 Å². The lowest BCUT2D eigenvalue weighted by Gasteiger charge is -2.05. The number of benzene rings is 1. The van der Waals surface area contributed by atoms with Gasteiger partial charge in [0.2, 0.25) is 5.88 Å². The molecule has 0 atom stereocenters. The lowest BCUT2D eigenvalue weighted by Crippen LogP contribution is -1.88. The molecule has 0 unspecified atom stereocenters.